The maximum absolute atomic E-state index is 13.4. The van der Waals surface area contributed by atoms with Gasteiger partial charge in [-0.2, -0.15) is 0 Å². The van der Waals surface area contributed by atoms with E-state index in [4.69, 9.17) is 34.0 Å². The second-order valence-electron chi connectivity index (χ2n) is 13.1. The monoisotopic (exact) mass is 626 g/mol. The fourth-order valence-electron chi connectivity index (χ4n) is 7.97. The highest BCUT2D eigenvalue weighted by Gasteiger charge is 2.61. The topological polar surface area (TPSA) is 153 Å². The Balaban J connectivity index is 1.38. The van der Waals surface area contributed by atoms with Crippen LogP contribution < -0.4 is 25.8 Å². The molecule has 10 rings (SSSR count). The van der Waals surface area contributed by atoms with Crippen molar-refractivity contribution in [1.29, 1.82) is 0 Å². The van der Waals surface area contributed by atoms with E-state index in [1.807, 2.05) is 38.2 Å². The average Bonchev–Trinajstić information content (AvgIpc) is 3.88. The van der Waals surface area contributed by atoms with Gasteiger partial charge in [0.05, 0.1) is 24.9 Å². The number of ether oxygens (including phenoxy) is 2. The van der Waals surface area contributed by atoms with Crippen molar-refractivity contribution in [1.82, 2.24) is 20.3 Å². The zero-order valence-electron chi connectivity index (χ0n) is 25.8. The molecule has 11 nitrogen and oxygen atoms in total. The molecule has 6 aromatic rings. The number of rotatable bonds is 2. The molecule has 1 unspecified atom stereocenters. The fourth-order valence-corrected chi connectivity index (χ4v) is 7.97. The van der Waals surface area contributed by atoms with Gasteiger partial charge in [0.1, 0.15) is 23.0 Å². The van der Waals surface area contributed by atoms with E-state index < -0.39 is 23.7 Å². The van der Waals surface area contributed by atoms with Crippen LogP contribution in [-0.4, -0.2) is 40.2 Å². The molecule has 0 aliphatic carbocycles. The zero-order valence-corrected chi connectivity index (χ0v) is 25.8. The van der Waals surface area contributed by atoms with Crippen LogP contribution in [0.25, 0.3) is 44.9 Å². The minimum absolute atomic E-state index is 0.0598. The number of para-hydroxylation sites is 1. The standard InChI is InChI=1S/C36H30N6O5/c1-15(2)27-34-41-30-31(47-34)36-20-6-4-5-18(17-8-10-24(44-3)29-26(17)19(13-38-29)25-14-39-33(30)45-25)28(20)42-35(36)46-23-9-7-16(11-21(23)36)12-22(37)32(43)40-27/h4-11,13-15,22,27,35,38,42H,12,37H2,1-3H3,(H,40,43)/t22-,27-,35-,36?/m0/s1. The van der Waals surface area contributed by atoms with E-state index in [1.54, 1.807) is 13.3 Å². The third kappa shape index (κ3) is 3.31. The molecule has 0 saturated carbocycles. The van der Waals surface area contributed by atoms with E-state index in [-0.39, 0.29) is 11.8 Å². The second kappa shape index (κ2) is 9.04. The molecule has 3 aromatic carbocycles. The SMILES string of the molecule is COc1ccc2c3c(c[nH]c13)-c1cnc(o1)-c1nc3oc1C14c5cc(ccc5O[C@@H]1Nc1c-2cccc14)C[C@H](N)C(=O)N[C@H]3C(C)C. The number of benzene rings is 3. The smallest absolute Gasteiger partial charge is 0.249 e. The Bertz CT molecular complexity index is 2320. The van der Waals surface area contributed by atoms with Gasteiger partial charge >= 0.3 is 0 Å². The first-order valence-corrected chi connectivity index (χ1v) is 15.8. The molecular formula is C36H30N6O5. The van der Waals surface area contributed by atoms with Crippen LogP contribution in [0.1, 0.15) is 48.2 Å². The van der Waals surface area contributed by atoms with Gasteiger partial charge in [0.2, 0.25) is 17.7 Å². The Kier molecular flexibility index (Phi) is 5.13. The van der Waals surface area contributed by atoms with Crippen LogP contribution in [0, 0.1) is 5.92 Å². The van der Waals surface area contributed by atoms with Gasteiger partial charge < -0.3 is 39.7 Å². The molecule has 47 heavy (non-hydrogen) atoms. The lowest BCUT2D eigenvalue weighted by atomic mass is 9.72. The Morgan fingerprint density at radius 1 is 1.04 bits per heavy atom. The van der Waals surface area contributed by atoms with Gasteiger partial charge in [-0.25, -0.2) is 9.97 Å². The third-order valence-electron chi connectivity index (χ3n) is 10.2. The van der Waals surface area contributed by atoms with Gasteiger partial charge in [0, 0.05) is 39.5 Å². The molecule has 10 bridgehead atoms. The van der Waals surface area contributed by atoms with E-state index in [0.717, 1.165) is 55.7 Å². The van der Waals surface area contributed by atoms with Crippen LogP contribution in [0.2, 0.25) is 0 Å². The maximum Gasteiger partial charge on any atom is 0.249 e. The van der Waals surface area contributed by atoms with Crippen molar-refractivity contribution in [3.63, 3.8) is 0 Å². The van der Waals surface area contributed by atoms with Gasteiger partial charge in [-0.1, -0.05) is 44.2 Å². The second-order valence-corrected chi connectivity index (χ2v) is 13.1. The van der Waals surface area contributed by atoms with Crippen LogP contribution in [-0.2, 0) is 16.6 Å². The minimum atomic E-state index is -0.980. The van der Waals surface area contributed by atoms with Crippen molar-refractivity contribution in [2.45, 2.75) is 44.0 Å². The number of nitrogens with one attached hydrogen (secondary N) is 3. The molecule has 5 N–H and O–H groups in total. The number of anilines is 1. The number of amides is 1. The van der Waals surface area contributed by atoms with E-state index >= 15 is 0 Å². The Morgan fingerprint density at radius 3 is 2.79 bits per heavy atom. The number of oxazole rings is 2. The molecule has 1 spiro atoms. The van der Waals surface area contributed by atoms with Crippen LogP contribution >= 0.6 is 0 Å². The third-order valence-corrected chi connectivity index (χ3v) is 10.2. The van der Waals surface area contributed by atoms with Crippen molar-refractivity contribution >= 4 is 22.5 Å². The maximum atomic E-state index is 13.4. The Hall–Kier alpha value is -5.55. The molecule has 4 aliphatic heterocycles. The average molecular weight is 627 g/mol. The lowest BCUT2D eigenvalue weighted by Crippen LogP contribution is -2.45. The number of carbonyl (C=O) groups excluding carboxylic acids is 1. The first-order valence-electron chi connectivity index (χ1n) is 15.8. The summed E-state index contributed by atoms with van der Waals surface area (Å²) in [6.07, 6.45) is 3.40. The molecule has 3 aromatic heterocycles. The van der Waals surface area contributed by atoms with E-state index in [9.17, 15) is 4.79 Å². The summed E-state index contributed by atoms with van der Waals surface area (Å²) < 4.78 is 26.1. The highest BCUT2D eigenvalue weighted by atomic mass is 16.5. The molecule has 4 aliphatic rings. The lowest BCUT2D eigenvalue weighted by Gasteiger charge is -2.28. The van der Waals surface area contributed by atoms with E-state index in [1.165, 1.54) is 0 Å². The summed E-state index contributed by atoms with van der Waals surface area (Å²) in [6, 6.07) is 15.0. The number of aromatic amines is 1. The van der Waals surface area contributed by atoms with Crippen molar-refractivity contribution in [3.05, 3.63) is 89.3 Å². The van der Waals surface area contributed by atoms with Crippen LogP contribution in [0.15, 0.2) is 69.8 Å². The van der Waals surface area contributed by atoms with Crippen LogP contribution in [0.5, 0.6) is 11.5 Å². The summed E-state index contributed by atoms with van der Waals surface area (Å²) in [5.74, 6) is 2.83. The number of hydrogen-bond donors (Lipinski definition) is 4. The summed E-state index contributed by atoms with van der Waals surface area (Å²) in [7, 11) is 1.66. The van der Waals surface area contributed by atoms with E-state index in [2.05, 4.69) is 45.9 Å². The number of H-pyrrole nitrogens is 1. The van der Waals surface area contributed by atoms with Crippen molar-refractivity contribution in [2.75, 3.05) is 12.4 Å². The van der Waals surface area contributed by atoms with Crippen molar-refractivity contribution in [3.8, 4) is 45.5 Å². The van der Waals surface area contributed by atoms with E-state index in [0.29, 0.717) is 41.2 Å². The first kappa shape index (κ1) is 26.6. The van der Waals surface area contributed by atoms with Gasteiger partial charge in [-0.05, 0) is 41.7 Å². The summed E-state index contributed by atoms with van der Waals surface area (Å²) in [5.41, 5.74) is 13.3. The number of nitrogens with two attached hydrogens (primary N) is 1. The molecule has 1 amide bonds. The number of carbonyl (C=O) groups is 1. The number of nitrogens with zero attached hydrogens (tertiary/aromatic N) is 2. The van der Waals surface area contributed by atoms with Gasteiger partial charge in [-0.3, -0.25) is 4.79 Å². The molecule has 0 radical (unpaired) electrons. The number of aromatic nitrogens is 3. The van der Waals surface area contributed by atoms with Gasteiger partial charge in [0.15, 0.2) is 23.4 Å². The van der Waals surface area contributed by atoms with Crippen molar-refractivity contribution in [2.24, 2.45) is 11.7 Å². The molecular weight excluding hydrogens is 596 g/mol. The molecule has 7 heterocycles. The fraction of sp³-hybridized carbons (Fsp3) is 0.250. The van der Waals surface area contributed by atoms with Crippen LogP contribution in [0.4, 0.5) is 5.69 Å². The zero-order chi connectivity index (χ0) is 31.8. The van der Waals surface area contributed by atoms with Gasteiger partial charge in [0.25, 0.3) is 0 Å². The molecule has 4 atom stereocenters. The van der Waals surface area contributed by atoms with Gasteiger partial charge in [-0.15, -0.1) is 0 Å². The predicted octanol–water partition coefficient (Wildman–Crippen LogP) is 5.64. The number of methoxy groups -OCH3 is 1. The highest BCUT2D eigenvalue weighted by molar-refractivity contribution is 6.09. The summed E-state index contributed by atoms with van der Waals surface area (Å²) in [6.45, 7) is 4.03. The Labute approximate surface area is 268 Å². The van der Waals surface area contributed by atoms with Crippen molar-refractivity contribution < 1.29 is 23.1 Å². The molecule has 0 saturated heterocycles. The Morgan fingerprint density at radius 2 is 1.94 bits per heavy atom. The molecule has 0 fully saturated rings. The predicted molar refractivity (Wildman–Crippen MR) is 173 cm³/mol. The molecule has 11 heteroatoms. The number of hydrogen-bond acceptors (Lipinski definition) is 9. The van der Waals surface area contributed by atoms with Crippen LogP contribution in [0.3, 0.4) is 0 Å². The largest absolute Gasteiger partial charge is 0.495 e. The summed E-state index contributed by atoms with van der Waals surface area (Å²) in [4.78, 5) is 26.7. The normalized spacial score (nSPS) is 23.0. The summed E-state index contributed by atoms with van der Waals surface area (Å²) >= 11 is 0. The first-order chi connectivity index (χ1) is 22.9. The highest BCUT2D eigenvalue weighted by Crippen LogP contribution is 2.61. The lowest BCUT2D eigenvalue weighted by molar-refractivity contribution is -0.123. The molecule has 234 valence electrons. The number of fused-ring (bicyclic) bond motifs is 7. The summed E-state index contributed by atoms with van der Waals surface area (Å²) in [5, 5.41) is 7.84. The minimum Gasteiger partial charge on any atom is -0.495 e. The quantitative estimate of drug-likeness (QED) is 0.191.